The molecule has 0 spiro atoms. The Kier molecular flexibility index (Phi) is 6.19. The fourth-order valence-corrected chi connectivity index (χ4v) is 3.43. The van der Waals surface area contributed by atoms with Gasteiger partial charge < -0.3 is 15.4 Å². The first-order chi connectivity index (χ1) is 13.8. The van der Waals surface area contributed by atoms with E-state index in [-0.39, 0.29) is 17.9 Å². The predicted octanol–water partition coefficient (Wildman–Crippen LogP) is 3.65. The van der Waals surface area contributed by atoms with Crippen LogP contribution in [0.1, 0.15) is 0 Å². The van der Waals surface area contributed by atoms with Crippen LogP contribution in [-0.2, 0) is 11.3 Å². The number of nitro groups is 2. The smallest absolute Gasteiger partial charge is 0.390 e. The summed E-state index contributed by atoms with van der Waals surface area (Å²) in [5.74, 6) is -1.19. The summed E-state index contributed by atoms with van der Waals surface area (Å²) >= 11 is 4.64. The van der Waals surface area contributed by atoms with E-state index >= 15 is 0 Å². The molecule has 29 heavy (non-hydrogen) atoms. The van der Waals surface area contributed by atoms with Gasteiger partial charge in [-0.15, -0.1) is 0 Å². The molecule has 3 aromatic rings. The molecular weight excluding hydrogens is 468 g/mol. The third-order valence-corrected chi connectivity index (χ3v) is 4.94. The van der Waals surface area contributed by atoms with Gasteiger partial charge in [-0.2, -0.15) is 4.68 Å². The van der Waals surface area contributed by atoms with E-state index in [4.69, 9.17) is 0 Å². The quantitative estimate of drug-likeness (QED) is 0.399. The zero-order chi connectivity index (χ0) is 21.0. The molecule has 1 N–H and O–H groups in total. The van der Waals surface area contributed by atoms with Crippen LogP contribution in [0.2, 0.25) is 0 Å². The van der Waals surface area contributed by atoms with E-state index in [0.29, 0.717) is 4.90 Å². The van der Waals surface area contributed by atoms with Crippen LogP contribution in [0.4, 0.5) is 17.3 Å². The molecule has 1 amide bonds. The number of anilines is 1. The van der Waals surface area contributed by atoms with E-state index in [2.05, 4.69) is 31.3 Å². The molecule has 0 aliphatic carbocycles. The van der Waals surface area contributed by atoms with Crippen molar-refractivity contribution in [1.82, 2.24) is 14.8 Å². The number of carbonyl (C=O) groups is 1. The number of nitrogens with one attached hydrogen (secondary N) is 1. The van der Waals surface area contributed by atoms with Gasteiger partial charge in [0.05, 0.1) is 4.92 Å². The van der Waals surface area contributed by atoms with Crippen LogP contribution in [0.5, 0.6) is 0 Å². The Morgan fingerprint density at radius 2 is 1.83 bits per heavy atom. The Bertz CT molecular complexity index is 1090. The van der Waals surface area contributed by atoms with Crippen LogP contribution in [0.15, 0.2) is 63.1 Å². The number of benzene rings is 2. The van der Waals surface area contributed by atoms with Crippen LogP contribution >= 0.6 is 27.7 Å². The summed E-state index contributed by atoms with van der Waals surface area (Å²) in [4.78, 5) is 37.6. The minimum Gasteiger partial charge on any atom is -0.390 e. The highest BCUT2D eigenvalue weighted by Crippen LogP contribution is 2.33. The van der Waals surface area contributed by atoms with Gasteiger partial charge >= 0.3 is 5.95 Å². The highest BCUT2D eigenvalue weighted by Gasteiger charge is 2.17. The first-order valence-corrected chi connectivity index (χ1v) is 9.48. The van der Waals surface area contributed by atoms with Gasteiger partial charge in [-0.05, 0) is 35.3 Å². The van der Waals surface area contributed by atoms with E-state index in [1.54, 1.807) is 6.07 Å². The predicted molar refractivity (Wildman–Crippen MR) is 107 cm³/mol. The van der Waals surface area contributed by atoms with E-state index < -0.39 is 21.7 Å². The largest absolute Gasteiger partial charge is 0.490 e. The number of non-ortho nitro benzene ring substituents is 1. The third kappa shape index (κ3) is 5.58. The zero-order valence-corrected chi connectivity index (χ0v) is 16.8. The molecule has 0 aliphatic heterocycles. The van der Waals surface area contributed by atoms with Gasteiger partial charge in [-0.25, -0.2) is 0 Å². The number of hydrogen-bond acceptors (Lipinski definition) is 8. The summed E-state index contributed by atoms with van der Waals surface area (Å²) in [6.07, 6.45) is 1.06. The second kappa shape index (κ2) is 8.79. The van der Waals surface area contributed by atoms with Crippen LogP contribution in [0.3, 0.4) is 0 Å². The first-order valence-electron chi connectivity index (χ1n) is 7.87. The number of rotatable bonds is 7. The SMILES string of the molecule is O=C(Cn1cnc([N+](=O)[O-])n1)Nc1cc(Sc2ccc(Br)cc2)cc([N+](=O)[O-])c1. The molecule has 0 bridgehead atoms. The lowest BCUT2D eigenvalue weighted by Gasteiger charge is -2.08. The second-order valence-corrected chi connectivity index (χ2v) is 7.64. The van der Waals surface area contributed by atoms with Gasteiger partial charge in [0.1, 0.15) is 6.54 Å². The number of aromatic nitrogens is 3. The summed E-state index contributed by atoms with van der Waals surface area (Å²) in [5.41, 5.74) is 0.0391. The molecule has 148 valence electrons. The molecule has 2 aromatic carbocycles. The monoisotopic (exact) mass is 478 g/mol. The molecule has 0 saturated carbocycles. The minimum absolute atomic E-state index is 0.182. The van der Waals surface area contributed by atoms with Gasteiger partial charge in [0.25, 0.3) is 5.69 Å². The second-order valence-electron chi connectivity index (χ2n) is 5.58. The van der Waals surface area contributed by atoms with Crippen molar-refractivity contribution in [2.45, 2.75) is 16.3 Å². The van der Waals surface area contributed by atoms with Crippen molar-refractivity contribution in [1.29, 1.82) is 0 Å². The van der Waals surface area contributed by atoms with E-state index in [0.717, 1.165) is 20.4 Å². The average molecular weight is 479 g/mol. The molecule has 11 nitrogen and oxygen atoms in total. The van der Waals surface area contributed by atoms with E-state index in [9.17, 15) is 25.0 Å². The molecule has 0 radical (unpaired) electrons. The molecular formula is C16H11BrN6O5S. The first kappa shape index (κ1) is 20.4. The summed E-state index contributed by atoms with van der Waals surface area (Å²) < 4.78 is 1.91. The van der Waals surface area contributed by atoms with Gasteiger partial charge in [0.15, 0.2) is 0 Å². The molecule has 1 aromatic heterocycles. The van der Waals surface area contributed by atoms with E-state index in [1.165, 1.54) is 23.9 Å². The normalized spacial score (nSPS) is 10.5. The molecule has 0 unspecified atom stereocenters. The van der Waals surface area contributed by atoms with Gasteiger partial charge in [0, 0.05) is 37.2 Å². The van der Waals surface area contributed by atoms with Crippen molar-refractivity contribution >= 4 is 50.9 Å². The Hall–Kier alpha value is -3.32. The number of hydrogen-bond donors (Lipinski definition) is 1. The molecule has 3 rings (SSSR count). The zero-order valence-electron chi connectivity index (χ0n) is 14.4. The molecule has 1 heterocycles. The molecule has 0 saturated heterocycles. The van der Waals surface area contributed by atoms with Crippen molar-refractivity contribution in [3.8, 4) is 0 Å². The maximum absolute atomic E-state index is 12.2. The number of halogens is 1. The topological polar surface area (TPSA) is 146 Å². The number of amides is 1. The Labute approximate surface area is 175 Å². The fourth-order valence-electron chi connectivity index (χ4n) is 2.25. The van der Waals surface area contributed by atoms with Crippen molar-refractivity contribution in [2.24, 2.45) is 0 Å². The maximum Gasteiger partial charge on any atom is 0.490 e. The number of nitro benzene ring substituents is 1. The van der Waals surface area contributed by atoms with Crippen molar-refractivity contribution in [2.75, 3.05) is 5.32 Å². The summed E-state index contributed by atoms with van der Waals surface area (Å²) in [6.45, 7) is -0.335. The summed E-state index contributed by atoms with van der Waals surface area (Å²) in [5, 5.41) is 27.9. The minimum atomic E-state index is -0.777. The van der Waals surface area contributed by atoms with Crippen LogP contribution < -0.4 is 5.32 Å². The lowest BCUT2D eigenvalue weighted by Crippen LogP contribution is -2.19. The summed E-state index contributed by atoms with van der Waals surface area (Å²) in [7, 11) is 0. The van der Waals surface area contributed by atoms with Crippen LogP contribution in [0.25, 0.3) is 0 Å². The van der Waals surface area contributed by atoms with Crippen LogP contribution in [-0.4, -0.2) is 30.5 Å². The fraction of sp³-hybridized carbons (Fsp3) is 0.0625. The van der Waals surface area contributed by atoms with Gasteiger partial charge in [-0.3, -0.25) is 14.9 Å². The molecule has 0 atom stereocenters. The molecule has 0 fully saturated rings. The number of carbonyl (C=O) groups excluding carboxylic acids is 1. The number of nitrogens with zero attached hydrogens (tertiary/aromatic N) is 5. The molecule has 0 aliphatic rings. The van der Waals surface area contributed by atoms with Crippen molar-refractivity contribution in [3.05, 3.63) is 73.5 Å². The standard InChI is InChI=1S/C16H11BrN6O5S/c17-10-1-3-13(4-2-10)29-14-6-11(5-12(7-14)22(25)26)19-15(24)8-21-9-18-16(20-21)23(27)28/h1-7,9H,8H2,(H,19,24). The van der Waals surface area contributed by atoms with Gasteiger partial charge in [0.2, 0.25) is 12.2 Å². The highest BCUT2D eigenvalue weighted by atomic mass is 79.9. The Morgan fingerprint density at radius 3 is 2.45 bits per heavy atom. The van der Waals surface area contributed by atoms with E-state index in [1.807, 2.05) is 24.3 Å². The van der Waals surface area contributed by atoms with Crippen molar-refractivity contribution in [3.63, 3.8) is 0 Å². The van der Waals surface area contributed by atoms with Gasteiger partial charge in [-0.1, -0.05) is 32.7 Å². The Balaban J connectivity index is 1.77. The third-order valence-electron chi connectivity index (χ3n) is 3.43. The van der Waals surface area contributed by atoms with Crippen LogP contribution in [0, 0.1) is 20.2 Å². The Morgan fingerprint density at radius 1 is 1.10 bits per heavy atom. The lowest BCUT2D eigenvalue weighted by atomic mass is 10.3. The molecule has 13 heteroatoms. The summed E-state index contributed by atoms with van der Waals surface area (Å²) in [6, 6.07) is 11.6. The van der Waals surface area contributed by atoms with Crippen molar-refractivity contribution < 1.29 is 14.6 Å². The average Bonchev–Trinajstić information content (AvgIpc) is 3.12. The lowest BCUT2D eigenvalue weighted by molar-refractivity contribution is -0.394. The maximum atomic E-state index is 12.2. The highest BCUT2D eigenvalue weighted by molar-refractivity contribution is 9.10.